The molecule has 0 aromatic carbocycles. The van der Waals surface area contributed by atoms with Gasteiger partial charge in [0.05, 0.1) is 24.5 Å². The quantitative estimate of drug-likeness (QED) is 0.412. The molecule has 0 amide bonds. The summed E-state index contributed by atoms with van der Waals surface area (Å²) in [6.45, 7) is 6.47. The van der Waals surface area contributed by atoms with Gasteiger partial charge in [0.25, 0.3) is 0 Å². The molecule has 29 heavy (non-hydrogen) atoms. The molecule has 2 atom stereocenters. The monoisotopic (exact) mass is 400 g/mol. The number of aliphatic hydroxyl groups is 1. The molecule has 0 spiro atoms. The molecule has 1 aliphatic heterocycles. The van der Waals surface area contributed by atoms with Crippen molar-refractivity contribution in [3.8, 4) is 0 Å². The van der Waals surface area contributed by atoms with Crippen LogP contribution in [0, 0.1) is 5.92 Å². The molecule has 4 nitrogen and oxygen atoms in total. The van der Waals surface area contributed by atoms with Crippen molar-refractivity contribution in [1.82, 2.24) is 0 Å². The molecular formula is C25H36O4. The van der Waals surface area contributed by atoms with Crippen LogP contribution in [-0.4, -0.2) is 23.8 Å². The van der Waals surface area contributed by atoms with Crippen LogP contribution < -0.4 is 0 Å². The number of carbonyl (C=O) groups is 1. The van der Waals surface area contributed by atoms with E-state index in [9.17, 15) is 9.90 Å². The second-order valence-corrected chi connectivity index (χ2v) is 8.21. The standard InChI is InChI=1S/C25H36O4/c1-19(7-4-8-20(2)10-6-12-23-15-16-28-17-23)9-5-11-22-13-14-24(26)21(3)25(27)29-18-22/h7,10-11,15-17,21,24,26H,4-6,8-9,12-14,18H2,1-3H3/b19-7+,20-10+,22-11+/t21-,24+/m0/s1. The molecule has 2 rings (SSSR count). The summed E-state index contributed by atoms with van der Waals surface area (Å²) in [6, 6.07) is 2.02. The number of carbonyl (C=O) groups excluding carboxylic acids is 1. The van der Waals surface area contributed by atoms with Gasteiger partial charge in [0.2, 0.25) is 0 Å². The van der Waals surface area contributed by atoms with E-state index in [1.54, 1.807) is 13.2 Å². The summed E-state index contributed by atoms with van der Waals surface area (Å²) in [6.07, 6.45) is 17.4. The van der Waals surface area contributed by atoms with Crippen molar-refractivity contribution >= 4 is 5.97 Å². The van der Waals surface area contributed by atoms with Crippen LogP contribution in [0.4, 0.5) is 0 Å². The molecule has 1 N–H and O–H groups in total. The number of allylic oxidation sites excluding steroid dienone is 5. The molecule has 1 aromatic heterocycles. The molecule has 0 unspecified atom stereocenters. The third kappa shape index (κ3) is 8.86. The van der Waals surface area contributed by atoms with Crippen molar-refractivity contribution in [2.75, 3.05) is 6.61 Å². The topological polar surface area (TPSA) is 59.7 Å². The lowest BCUT2D eigenvalue weighted by Gasteiger charge is -2.22. The first-order valence-electron chi connectivity index (χ1n) is 10.8. The summed E-state index contributed by atoms with van der Waals surface area (Å²) in [5, 5.41) is 9.98. The first-order valence-corrected chi connectivity index (χ1v) is 10.8. The van der Waals surface area contributed by atoms with Gasteiger partial charge in [-0.15, -0.1) is 0 Å². The minimum atomic E-state index is -0.608. The van der Waals surface area contributed by atoms with E-state index in [1.807, 2.05) is 12.3 Å². The van der Waals surface area contributed by atoms with Crippen LogP contribution in [0.5, 0.6) is 0 Å². The highest BCUT2D eigenvalue weighted by atomic mass is 16.5. The Hall–Kier alpha value is -2.07. The Balaban J connectivity index is 1.67. The lowest BCUT2D eigenvalue weighted by molar-refractivity contribution is -0.151. The Labute approximate surface area is 175 Å². The number of cyclic esters (lactones) is 1. The molecule has 1 aromatic rings. The van der Waals surface area contributed by atoms with E-state index in [4.69, 9.17) is 9.15 Å². The zero-order chi connectivity index (χ0) is 21.1. The zero-order valence-electron chi connectivity index (χ0n) is 18.2. The Bertz CT molecular complexity index is 709. The van der Waals surface area contributed by atoms with E-state index in [2.05, 4.69) is 32.1 Å². The summed E-state index contributed by atoms with van der Waals surface area (Å²) in [5.74, 6) is -0.725. The van der Waals surface area contributed by atoms with Crippen molar-refractivity contribution in [2.45, 2.75) is 78.2 Å². The Morgan fingerprint density at radius 3 is 2.62 bits per heavy atom. The minimum Gasteiger partial charge on any atom is -0.472 e. The summed E-state index contributed by atoms with van der Waals surface area (Å²) in [5.41, 5.74) is 5.20. The highest BCUT2D eigenvalue weighted by Crippen LogP contribution is 2.20. The number of ether oxygens (including phenoxy) is 1. The fraction of sp³-hybridized carbons (Fsp3) is 0.560. The van der Waals surface area contributed by atoms with Crippen molar-refractivity contribution in [3.63, 3.8) is 0 Å². The average molecular weight is 401 g/mol. The van der Waals surface area contributed by atoms with E-state index >= 15 is 0 Å². The van der Waals surface area contributed by atoms with Gasteiger partial charge in [0.15, 0.2) is 0 Å². The normalized spacial score (nSPS) is 23.0. The molecule has 160 valence electrons. The van der Waals surface area contributed by atoms with E-state index in [-0.39, 0.29) is 5.97 Å². The smallest absolute Gasteiger partial charge is 0.311 e. The van der Waals surface area contributed by atoms with E-state index in [1.165, 1.54) is 16.7 Å². The fourth-order valence-corrected chi connectivity index (χ4v) is 3.44. The van der Waals surface area contributed by atoms with Gasteiger partial charge in [-0.2, -0.15) is 0 Å². The van der Waals surface area contributed by atoms with Crippen LogP contribution in [-0.2, 0) is 16.0 Å². The minimum absolute atomic E-state index is 0.299. The van der Waals surface area contributed by atoms with E-state index in [0.29, 0.717) is 13.0 Å². The third-order valence-electron chi connectivity index (χ3n) is 5.62. The lowest BCUT2D eigenvalue weighted by Crippen LogP contribution is -2.30. The number of aryl methyl sites for hydroxylation is 1. The van der Waals surface area contributed by atoms with Crippen LogP contribution >= 0.6 is 0 Å². The van der Waals surface area contributed by atoms with Crippen LogP contribution in [0.3, 0.4) is 0 Å². The number of hydrogen-bond acceptors (Lipinski definition) is 4. The second kappa shape index (κ2) is 12.5. The average Bonchev–Trinajstić information content (AvgIpc) is 3.21. The highest BCUT2D eigenvalue weighted by Gasteiger charge is 2.25. The molecule has 1 fully saturated rings. The molecule has 4 heteroatoms. The molecule has 0 bridgehead atoms. The van der Waals surface area contributed by atoms with Crippen molar-refractivity contribution in [1.29, 1.82) is 0 Å². The molecule has 0 aliphatic carbocycles. The predicted molar refractivity (Wildman–Crippen MR) is 116 cm³/mol. The van der Waals surface area contributed by atoms with Gasteiger partial charge in [-0.3, -0.25) is 4.79 Å². The number of rotatable bonds is 9. The Morgan fingerprint density at radius 1 is 1.17 bits per heavy atom. The Kier molecular flexibility index (Phi) is 9.99. The van der Waals surface area contributed by atoms with Crippen LogP contribution in [0.15, 0.2) is 58.0 Å². The molecule has 0 saturated carbocycles. The van der Waals surface area contributed by atoms with Gasteiger partial charge >= 0.3 is 5.97 Å². The van der Waals surface area contributed by atoms with E-state index in [0.717, 1.165) is 50.5 Å². The lowest BCUT2D eigenvalue weighted by atomic mass is 9.96. The van der Waals surface area contributed by atoms with Crippen LogP contribution in [0.1, 0.15) is 71.3 Å². The van der Waals surface area contributed by atoms with Crippen molar-refractivity contribution in [2.24, 2.45) is 5.92 Å². The number of esters is 1. The van der Waals surface area contributed by atoms with E-state index < -0.39 is 12.0 Å². The predicted octanol–water partition coefficient (Wildman–Crippen LogP) is 5.93. The van der Waals surface area contributed by atoms with Gasteiger partial charge in [-0.25, -0.2) is 0 Å². The second-order valence-electron chi connectivity index (χ2n) is 8.21. The van der Waals surface area contributed by atoms with Crippen LogP contribution in [0.2, 0.25) is 0 Å². The maximum absolute atomic E-state index is 11.8. The van der Waals surface area contributed by atoms with Gasteiger partial charge in [0.1, 0.15) is 6.61 Å². The summed E-state index contributed by atoms with van der Waals surface area (Å²) in [7, 11) is 0. The zero-order valence-corrected chi connectivity index (χ0v) is 18.2. The van der Waals surface area contributed by atoms with Crippen molar-refractivity contribution in [3.05, 3.63) is 59.1 Å². The first kappa shape index (κ1) is 23.2. The highest BCUT2D eigenvalue weighted by molar-refractivity contribution is 5.73. The van der Waals surface area contributed by atoms with Crippen molar-refractivity contribution < 1.29 is 19.1 Å². The van der Waals surface area contributed by atoms with Gasteiger partial charge in [-0.05, 0) is 89.3 Å². The molecule has 1 saturated heterocycles. The summed E-state index contributed by atoms with van der Waals surface area (Å²) >= 11 is 0. The summed E-state index contributed by atoms with van der Waals surface area (Å²) in [4.78, 5) is 11.8. The largest absolute Gasteiger partial charge is 0.472 e. The molecule has 1 aliphatic rings. The van der Waals surface area contributed by atoms with Gasteiger partial charge in [0, 0.05) is 0 Å². The van der Waals surface area contributed by atoms with Crippen LogP contribution in [0.25, 0.3) is 0 Å². The first-order chi connectivity index (χ1) is 14.0. The maximum atomic E-state index is 11.8. The molecule has 2 heterocycles. The molecule has 0 radical (unpaired) electrons. The maximum Gasteiger partial charge on any atom is 0.311 e. The number of furan rings is 1. The number of aliphatic hydroxyl groups excluding tert-OH is 1. The third-order valence-corrected chi connectivity index (χ3v) is 5.62. The fourth-order valence-electron chi connectivity index (χ4n) is 3.44. The van der Waals surface area contributed by atoms with Gasteiger partial charge < -0.3 is 14.3 Å². The molecular weight excluding hydrogens is 364 g/mol. The Morgan fingerprint density at radius 2 is 1.90 bits per heavy atom. The summed E-state index contributed by atoms with van der Waals surface area (Å²) < 4.78 is 10.4. The van der Waals surface area contributed by atoms with Gasteiger partial charge in [-0.1, -0.05) is 29.4 Å². The SMILES string of the molecule is C/C(=C\CC/C(C)=C/CCc1ccoc1)CC/C=C1\CC[C@@H](O)[C@H](C)C(=O)OC1. The number of hydrogen-bond donors (Lipinski definition) is 1.